The first kappa shape index (κ1) is 13.6. The molecule has 0 aliphatic heterocycles. The minimum absolute atomic E-state index is 0.0115. The number of halogens is 2. The highest BCUT2D eigenvalue weighted by Crippen LogP contribution is 2.14. The number of benzene rings is 2. The molecule has 2 nitrogen and oxygen atoms in total. The van der Waals surface area contributed by atoms with Gasteiger partial charge in [0.15, 0.2) is 0 Å². The molecule has 0 radical (unpaired) electrons. The van der Waals surface area contributed by atoms with E-state index >= 15 is 0 Å². The van der Waals surface area contributed by atoms with E-state index in [0.29, 0.717) is 13.0 Å². The summed E-state index contributed by atoms with van der Waals surface area (Å²) >= 11 is 5.63. The van der Waals surface area contributed by atoms with E-state index < -0.39 is 11.7 Å². The van der Waals surface area contributed by atoms with Crippen LogP contribution in [0.2, 0.25) is 5.02 Å². The fourth-order valence-corrected chi connectivity index (χ4v) is 1.89. The zero-order valence-electron chi connectivity index (χ0n) is 10.2. The Hall–Kier alpha value is -1.87. The second-order valence-corrected chi connectivity index (χ2v) is 4.55. The van der Waals surface area contributed by atoms with E-state index in [4.69, 9.17) is 11.6 Å². The first-order valence-electron chi connectivity index (χ1n) is 5.94. The highest BCUT2D eigenvalue weighted by atomic mass is 35.5. The lowest BCUT2D eigenvalue weighted by Crippen LogP contribution is -2.26. The summed E-state index contributed by atoms with van der Waals surface area (Å²) in [6.45, 7) is 0.463. The van der Waals surface area contributed by atoms with Crippen molar-refractivity contribution in [2.24, 2.45) is 0 Å². The smallest absolute Gasteiger partial charge is 0.254 e. The zero-order chi connectivity index (χ0) is 13.7. The first-order valence-corrected chi connectivity index (χ1v) is 6.32. The van der Waals surface area contributed by atoms with Crippen molar-refractivity contribution in [3.8, 4) is 0 Å². The molecule has 0 saturated heterocycles. The maximum atomic E-state index is 13.5. The molecule has 2 aromatic carbocycles. The Kier molecular flexibility index (Phi) is 4.53. The summed E-state index contributed by atoms with van der Waals surface area (Å²) in [6, 6.07) is 13.8. The molecular weight excluding hydrogens is 265 g/mol. The summed E-state index contributed by atoms with van der Waals surface area (Å²) in [5.41, 5.74) is 1.14. The van der Waals surface area contributed by atoms with Crippen molar-refractivity contribution in [1.29, 1.82) is 0 Å². The number of carbonyl (C=O) groups is 1. The van der Waals surface area contributed by atoms with Gasteiger partial charge in [-0.1, -0.05) is 41.9 Å². The van der Waals surface area contributed by atoms with Crippen molar-refractivity contribution in [3.05, 3.63) is 70.5 Å². The minimum atomic E-state index is -0.607. The Bertz CT molecular complexity index is 572. The van der Waals surface area contributed by atoms with Crippen LogP contribution in [0, 0.1) is 5.82 Å². The first-order chi connectivity index (χ1) is 9.16. The summed E-state index contributed by atoms with van der Waals surface area (Å²) in [6.07, 6.45) is 0.710. The Labute approximate surface area is 116 Å². The van der Waals surface area contributed by atoms with Crippen LogP contribution in [0.3, 0.4) is 0 Å². The third-order valence-electron chi connectivity index (χ3n) is 2.72. The van der Waals surface area contributed by atoms with Gasteiger partial charge in [-0.3, -0.25) is 4.79 Å². The van der Waals surface area contributed by atoms with Crippen LogP contribution in [0.4, 0.5) is 4.39 Å². The highest BCUT2D eigenvalue weighted by molar-refractivity contribution is 6.30. The van der Waals surface area contributed by atoms with Crippen molar-refractivity contribution in [2.75, 3.05) is 6.54 Å². The fourth-order valence-electron chi connectivity index (χ4n) is 1.73. The van der Waals surface area contributed by atoms with Crippen LogP contribution >= 0.6 is 11.6 Å². The molecule has 2 aromatic rings. The SMILES string of the molecule is O=C(NCCc1ccccc1)c1ccc(Cl)cc1F. The molecule has 19 heavy (non-hydrogen) atoms. The number of hydrogen-bond donors (Lipinski definition) is 1. The van der Waals surface area contributed by atoms with Gasteiger partial charge in [-0.05, 0) is 30.2 Å². The molecule has 0 unspecified atom stereocenters. The molecule has 0 aromatic heterocycles. The van der Waals surface area contributed by atoms with Crippen LogP contribution in [0.25, 0.3) is 0 Å². The summed E-state index contributed by atoms with van der Waals surface area (Å²) in [5, 5.41) is 2.96. The van der Waals surface area contributed by atoms with Gasteiger partial charge in [-0.15, -0.1) is 0 Å². The van der Waals surface area contributed by atoms with Gasteiger partial charge < -0.3 is 5.32 Å². The van der Waals surface area contributed by atoms with E-state index in [-0.39, 0.29) is 10.6 Å². The molecule has 0 saturated carbocycles. The Balaban J connectivity index is 1.91. The lowest BCUT2D eigenvalue weighted by molar-refractivity contribution is 0.0950. The number of nitrogens with one attached hydrogen (secondary N) is 1. The minimum Gasteiger partial charge on any atom is -0.352 e. The molecular formula is C15H13ClFNO. The van der Waals surface area contributed by atoms with Crippen LogP contribution in [-0.2, 0) is 6.42 Å². The van der Waals surface area contributed by atoms with Gasteiger partial charge in [0.25, 0.3) is 5.91 Å². The molecule has 98 valence electrons. The predicted octanol–water partition coefficient (Wildman–Crippen LogP) is 3.45. The van der Waals surface area contributed by atoms with E-state index in [1.54, 1.807) is 0 Å². The second-order valence-electron chi connectivity index (χ2n) is 4.12. The van der Waals surface area contributed by atoms with Crippen molar-refractivity contribution < 1.29 is 9.18 Å². The lowest BCUT2D eigenvalue weighted by atomic mass is 10.1. The predicted molar refractivity (Wildman–Crippen MR) is 73.9 cm³/mol. The van der Waals surface area contributed by atoms with Crippen LogP contribution in [0.15, 0.2) is 48.5 Å². The largest absolute Gasteiger partial charge is 0.352 e. The highest BCUT2D eigenvalue weighted by Gasteiger charge is 2.11. The summed E-state index contributed by atoms with van der Waals surface area (Å²) in [5.74, 6) is -1.03. The summed E-state index contributed by atoms with van der Waals surface area (Å²) < 4.78 is 13.5. The average Bonchev–Trinajstić information content (AvgIpc) is 2.39. The van der Waals surface area contributed by atoms with Crippen molar-refractivity contribution in [3.63, 3.8) is 0 Å². The number of hydrogen-bond acceptors (Lipinski definition) is 1. The molecule has 0 bridgehead atoms. The topological polar surface area (TPSA) is 29.1 Å². The fraction of sp³-hybridized carbons (Fsp3) is 0.133. The van der Waals surface area contributed by atoms with Crippen LogP contribution in [0.5, 0.6) is 0 Å². The summed E-state index contributed by atoms with van der Waals surface area (Å²) in [7, 11) is 0. The molecule has 0 fully saturated rings. The van der Waals surface area contributed by atoms with Crippen molar-refractivity contribution in [2.45, 2.75) is 6.42 Å². The lowest BCUT2D eigenvalue weighted by Gasteiger charge is -2.06. The van der Waals surface area contributed by atoms with Crippen LogP contribution in [0.1, 0.15) is 15.9 Å². The van der Waals surface area contributed by atoms with Gasteiger partial charge in [0, 0.05) is 11.6 Å². The molecule has 0 spiro atoms. The van der Waals surface area contributed by atoms with Crippen LogP contribution < -0.4 is 5.32 Å². The number of carbonyl (C=O) groups excluding carboxylic acids is 1. The molecule has 0 aliphatic carbocycles. The van der Waals surface area contributed by atoms with Crippen LogP contribution in [-0.4, -0.2) is 12.5 Å². The van der Waals surface area contributed by atoms with Crippen molar-refractivity contribution >= 4 is 17.5 Å². The van der Waals surface area contributed by atoms with Gasteiger partial charge >= 0.3 is 0 Å². The van der Waals surface area contributed by atoms with E-state index in [1.807, 2.05) is 30.3 Å². The number of amides is 1. The van der Waals surface area contributed by atoms with E-state index in [0.717, 1.165) is 11.6 Å². The van der Waals surface area contributed by atoms with Gasteiger partial charge in [-0.25, -0.2) is 4.39 Å². The van der Waals surface area contributed by atoms with E-state index in [1.165, 1.54) is 12.1 Å². The Morgan fingerprint density at radius 1 is 1.16 bits per heavy atom. The molecule has 4 heteroatoms. The maximum absolute atomic E-state index is 13.5. The standard InChI is InChI=1S/C15H13ClFNO/c16-12-6-7-13(14(17)10-12)15(19)18-9-8-11-4-2-1-3-5-11/h1-7,10H,8-9H2,(H,18,19). The molecule has 0 heterocycles. The third kappa shape index (κ3) is 3.80. The van der Waals surface area contributed by atoms with Gasteiger partial charge in [0.05, 0.1) is 5.56 Å². The molecule has 1 amide bonds. The average molecular weight is 278 g/mol. The summed E-state index contributed by atoms with van der Waals surface area (Å²) in [4.78, 5) is 11.8. The number of rotatable bonds is 4. The van der Waals surface area contributed by atoms with Gasteiger partial charge in [0.2, 0.25) is 0 Å². The van der Waals surface area contributed by atoms with Gasteiger partial charge in [-0.2, -0.15) is 0 Å². The van der Waals surface area contributed by atoms with E-state index in [9.17, 15) is 9.18 Å². The monoisotopic (exact) mass is 277 g/mol. The molecule has 1 N–H and O–H groups in total. The Morgan fingerprint density at radius 2 is 1.89 bits per heavy atom. The molecule has 2 rings (SSSR count). The second kappa shape index (κ2) is 6.34. The maximum Gasteiger partial charge on any atom is 0.254 e. The Morgan fingerprint density at radius 3 is 2.58 bits per heavy atom. The van der Waals surface area contributed by atoms with E-state index in [2.05, 4.69) is 5.32 Å². The van der Waals surface area contributed by atoms with Crippen molar-refractivity contribution in [1.82, 2.24) is 5.32 Å². The van der Waals surface area contributed by atoms with Gasteiger partial charge in [0.1, 0.15) is 5.82 Å². The molecule has 0 atom stereocenters. The zero-order valence-corrected chi connectivity index (χ0v) is 11.0. The molecule has 0 aliphatic rings. The third-order valence-corrected chi connectivity index (χ3v) is 2.95. The normalized spacial score (nSPS) is 10.2. The quantitative estimate of drug-likeness (QED) is 0.911.